The van der Waals surface area contributed by atoms with Crippen LogP contribution in [0.4, 0.5) is 4.39 Å². The van der Waals surface area contributed by atoms with Crippen LogP contribution in [0.1, 0.15) is 45.4 Å². The van der Waals surface area contributed by atoms with Crippen molar-refractivity contribution in [2.75, 3.05) is 26.2 Å². The van der Waals surface area contributed by atoms with Crippen molar-refractivity contribution in [3.8, 4) is 0 Å². The zero-order valence-electron chi connectivity index (χ0n) is 15.8. The Balaban J connectivity index is 1.39. The number of halogens is 1. The summed E-state index contributed by atoms with van der Waals surface area (Å²) >= 11 is 0. The number of amides is 2. The van der Waals surface area contributed by atoms with E-state index < -0.39 is 0 Å². The van der Waals surface area contributed by atoms with Gasteiger partial charge in [-0.3, -0.25) is 14.6 Å². The fraction of sp³-hybridized carbons (Fsp3) is 0.318. The number of carbonyl (C=O) groups excluding carboxylic acids is 2. The van der Waals surface area contributed by atoms with Gasteiger partial charge < -0.3 is 14.2 Å². The van der Waals surface area contributed by atoms with Gasteiger partial charge in [-0.25, -0.2) is 4.39 Å². The van der Waals surface area contributed by atoms with Gasteiger partial charge in [0, 0.05) is 43.2 Å². The maximum atomic E-state index is 13.9. The number of benzene rings is 1. The smallest absolute Gasteiger partial charge is 0.289 e. The first kappa shape index (κ1) is 17.8. The Morgan fingerprint density at radius 1 is 1.00 bits per heavy atom. The molecule has 1 aromatic carbocycles. The van der Waals surface area contributed by atoms with E-state index in [-0.39, 0.29) is 17.6 Å². The Morgan fingerprint density at radius 2 is 1.72 bits per heavy atom. The number of furan rings is 1. The predicted molar refractivity (Wildman–Crippen MR) is 104 cm³/mol. The molecule has 148 valence electrons. The van der Waals surface area contributed by atoms with E-state index in [9.17, 15) is 14.0 Å². The number of aromatic nitrogens is 1. The van der Waals surface area contributed by atoms with E-state index in [2.05, 4.69) is 4.98 Å². The van der Waals surface area contributed by atoms with Gasteiger partial charge in [0.15, 0.2) is 5.76 Å². The first-order chi connectivity index (χ1) is 14.1. The molecule has 0 N–H and O–H groups in total. The number of pyridine rings is 1. The summed E-state index contributed by atoms with van der Waals surface area (Å²) < 4.78 is 19.0. The molecule has 1 aliphatic carbocycles. The minimum atomic E-state index is -0.388. The molecule has 2 amide bonds. The molecule has 1 aliphatic heterocycles. The highest BCUT2D eigenvalue weighted by molar-refractivity contribution is 6.06. The van der Waals surface area contributed by atoms with Crippen molar-refractivity contribution in [2.24, 2.45) is 0 Å². The van der Waals surface area contributed by atoms with Crippen LogP contribution in [0.2, 0.25) is 0 Å². The molecule has 2 fully saturated rings. The van der Waals surface area contributed by atoms with Gasteiger partial charge in [0.05, 0.1) is 17.3 Å². The van der Waals surface area contributed by atoms with Gasteiger partial charge >= 0.3 is 0 Å². The molecule has 0 atom stereocenters. The summed E-state index contributed by atoms with van der Waals surface area (Å²) in [5.74, 6) is -0.0147. The average molecular weight is 393 g/mol. The summed E-state index contributed by atoms with van der Waals surface area (Å²) in [5, 5.41) is 0.536. The summed E-state index contributed by atoms with van der Waals surface area (Å²) in [6.07, 6.45) is 3.61. The number of hydrogen-bond acceptors (Lipinski definition) is 4. The molecule has 0 radical (unpaired) electrons. The van der Waals surface area contributed by atoms with Gasteiger partial charge in [-0.05, 0) is 49.2 Å². The van der Waals surface area contributed by atoms with Crippen LogP contribution in [0.25, 0.3) is 10.9 Å². The Bertz CT molecular complexity index is 1080. The van der Waals surface area contributed by atoms with Crippen LogP contribution in [0, 0.1) is 5.82 Å². The Morgan fingerprint density at radius 3 is 2.38 bits per heavy atom. The highest BCUT2D eigenvalue weighted by Gasteiger charge is 2.30. The van der Waals surface area contributed by atoms with Crippen molar-refractivity contribution < 1.29 is 18.4 Å². The molecule has 7 heteroatoms. The molecule has 1 saturated heterocycles. The van der Waals surface area contributed by atoms with Crippen LogP contribution in [0.5, 0.6) is 0 Å². The SMILES string of the molecule is O=C(c1ccco1)N1CCN(C(=O)c2cc(C3CC3)nc3ccc(F)cc23)CC1. The molecule has 2 aliphatic rings. The third-order valence-corrected chi connectivity index (χ3v) is 5.60. The third kappa shape index (κ3) is 3.37. The van der Waals surface area contributed by atoms with Crippen molar-refractivity contribution in [2.45, 2.75) is 18.8 Å². The lowest BCUT2D eigenvalue weighted by Crippen LogP contribution is -2.50. The van der Waals surface area contributed by atoms with E-state index in [1.165, 1.54) is 18.4 Å². The van der Waals surface area contributed by atoms with Crippen LogP contribution < -0.4 is 0 Å². The number of fused-ring (bicyclic) bond motifs is 1. The van der Waals surface area contributed by atoms with Gasteiger partial charge in [0.25, 0.3) is 11.8 Å². The Hall–Kier alpha value is -3.22. The van der Waals surface area contributed by atoms with Crippen LogP contribution in [-0.2, 0) is 0 Å². The van der Waals surface area contributed by atoms with Crippen LogP contribution in [0.3, 0.4) is 0 Å². The van der Waals surface area contributed by atoms with Gasteiger partial charge in [-0.15, -0.1) is 0 Å². The minimum absolute atomic E-state index is 0.144. The topological polar surface area (TPSA) is 66.7 Å². The molecule has 2 aromatic heterocycles. The number of carbonyl (C=O) groups is 2. The van der Waals surface area contributed by atoms with Crippen molar-refractivity contribution in [1.82, 2.24) is 14.8 Å². The first-order valence-electron chi connectivity index (χ1n) is 9.82. The maximum absolute atomic E-state index is 13.9. The normalized spacial score (nSPS) is 17.0. The lowest BCUT2D eigenvalue weighted by Gasteiger charge is -2.34. The highest BCUT2D eigenvalue weighted by Crippen LogP contribution is 2.40. The van der Waals surface area contributed by atoms with Crippen molar-refractivity contribution in [3.63, 3.8) is 0 Å². The fourth-order valence-electron chi connectivity index (χ4n) is 3.82. The minimum Gasteiger partial charge on any atom is -0.459 e. The summed E-state index contributed by atoms with van der Waals surface area (Å²) in [5.41, 5.74) is 2.03. The van der Waals surface area contributed by atoms with Crippen molar-refractivity contribution in [1.29, 1.82) is 0 Å². The molecule has 3 aromatic rings. The van der Waals surface area contributed by atoms with E-state index in [4.69, 9.17) is 4.42 Å². The fourth-order valence-corrected chi connectivity index (χ4v) is 3.82. The summed E-state index contributed by atoms with van der Waals surface area (Å²) in [4.78, 5) is 33.7. The number of nitrogens with zero attached hydrogens (tertiary/aromatic N) is 3. The predicted octanol–water partition coefficient (Wildman–Crippen LogP) is 3.44. The van der Waals surface area contributed by atoms with E-state index >= 15 is 0 Å². The molecule has 5 rings (SSSR count). The highest BCUT2D eigenvalue weighted by atomic mass is 19.1. The summed E-state index contributed by atoms with van der Waals surface area (Å²) in [6, 6.07) is 9.52. The summed E-state index contributed by atoms with van der Waals surface area (Å²) in [7, 11) is 0. The van der Waals surface area contributed by atoms with Crippen molar-refractivity contribution >= 4 is 22.7 Å². The average Bonchev–Trinajstić information content (AvgIpc) is 3.46. The summed E-state index contributed by atoms with van der Waals surface area (Å²) in [6.45, 7) is 1.70. The van der Waals surface area contributed by atoms with Crippen LogP contribution >= 0.6 is 0 Å². The quantitative estimate of drug-likeness (QED) is 0.684. The molecule has 6 nitrogen and oxygen atoms in total. The van der Waals surface area contributed by atoms with E-state index in [0.717, 1.165) is 18.5 Å². The van der Waals surface area contributed by atoms with Crippen LogP contribution in [-0.4, -0.2) is 52.8 Å². The van der Waals surface area contributed by atoms with Gasteiger partial charge in [-0.1, -0.05) is 0 Å². The second-order valence-corrected chi connectivity index (χ2v) is 7.59. The number of hydrogen-bond donors (Lipinski definition) is 0. The first-order valence-corrected chi connectivity index (χ1v) is 9.82. The molecular weight excluding hydrogens is 373 g/mol. The Kier molecular flexibility index (Phi) is 4.30. The van der Waals surface area contributed by atoms with Gasteiger partial charge in [-0.2, -0.15) is 0 Å². The lowest BCUT2D eigenvalue weighted by molar-refractivity contribution is 0.0519. The molecule has 3 heterocycles. The third-order valence-electron chi connectivity index (χ3n) is 5.60. The molecule has 1 saturated carbocycles. The molecule has 0 bridgehead atoms. The number of rotatable bonds is 3. The molecular formula is C22H20FN3O3. The van der Waals surface area contributed by atoms with Gasteiger partial charge in [0.2, 0.25) is 0 Å². The molecule has 0 spiro atoms. The monoisotopic (exact) mass is 393 g/mol. The second kappa shape index (κ2) is 6.99. The molecule has 0 unspecified atom stereocenters. The maximum Gasteiger partial charge on any atom is 0.289 e. The second-order valence-electron chi connectivity index (χ2n) is 7.59. The molecule has 29 heavy (non-hydrogen) atoms. The van der Waals surface area contributed by atoms with E-state index in [1.54, 1.807) is 28.0 Å². The van der Waals surface area contributed by atoms with Gasteiger partial charge in [0.1, 0.15) is 5.82 Å². The van der Waals surface area contributed by atoms with Crippen LogP contribution in [0.15, 0.2) is 47.1 Å². The largest absolute Gasteiger partial charge is 0.459 e. The lowest BCUT2D eigenvalue weighted by atomic mass is 10.0. The zero-order valence-corrected chi connectivity index (χ0v) is 15.8. The Labute approximate surface area is 166 Å². The zero-order chi connectivity index (χ0) is 20.0. The van der Waals surface area contributed by atoms with Crippen molar-refractivity contribution in [3.05, 3.63) is 65.5 Å². The standard InChI is InChI=1S/C22H20FN3O3/c23-15-5-6-18-16(12-15)17(13-19(24-18)14-3-4-14)21(27)25-7-9-26(10-8-25)22(28)20-2-1-11-29-20/h1-2,5-6,11-14H,3-4,7-10H2. The van der Waals surface area contributed by atoms with E-state index in [1.807, 2.05) is 6.07 Å². The van der Waals surface area contributed by atoms with E-state index in [0.29, 0.717) is 54.3 Å². The number of piperazine rings is 1.